The van der Waals surface area contributed by atoms with E-state index in [1.165, 1.54) is 0 Å². The smallest absolute Gasteiger partial charge is 0.243 e. The Labute approximate surface area is 176 Å². The van der Waals surface area contributed by atoms with Gasteiger partial charge in [0.05, 0.1) is 11.6 Å². The number of nitrogens with one attached hydrogen (secondary N) is 1. The molecule has 0 saturated heterocycles. The van der Waals surface area contributed by atoms with Crippen LogP contribution in [-0.4, -0.2) is 9.97 Å². The fraction of sp³-hybridized carbons (Fsp3) is 0.250. The van der Waals surface area contributed by atoms with Crippen molar-refractivity contribution >= 4 is 0 Å². The molecule has 0 radical (unpaired) electrons. The van der Waals surface area contributed by atoms with Crippen molar-refractivity contribution in [3.63, 3.8) is 0 Å². The Morgan fingerprint density at radius 1 is 1.17 bits per heavy atom. The van der Waals surface area contributed by atoms with Crippen LogP contribution in [0.5, 0.6) is 11.6 Å². The van der Waals surface area contributed by atoms with Crippen molar-refractivity contribution in [2.75, 3.05) is 0 Å². The molecule has 1 atom stereocenters. The van der Waals surface area contributed by atoms with Crippen molar-refractivity contribution in [1.82, 2.24) is 9.97 Å². The van der Waals surface area contributed by atoms with Gasteiger partial charge in [0.25, 0.3) is 0 Å². The van der Waals surface area contributed by atoms with Gasteiger partial charge < -0.3 is 20.2 Å². The third kappa shape index (κ3) is 3.74. The van der Waals surface area contributed by atoms with Crippen LogP contribution in [0.2, 0.25) is 0 Å². The lowest BCUT2D eigenvalue weighted by Crippen LogP contribution is -2.21. The zero-order chi connectivity index (χ0) is 21.3. The van der Waals surface area contributed by atoms with Crippen LogP contribution in [0.25, 0.3) is 0 Å². The lowest BCUT2D eigenvalue weighted by atomic mass is 9.87. The molecule has 2 heterocycles. The molecule has 30 heavy (non-hydrogen) atoms. The minimum Gasteiger partial charge on any atom is -0.489 e. The lowest BCUT2D eigenvalue weighted by molar-refractivity contribution is 0.305. The number of benzene rings is 2. The molecule has 0 fully saturated rings. The van der Waals surface area contributed by atoms with Crippen molar-refractivity contribution in [2.45, 2.75) is 38.7 Å². The second-order valence-electron chi connectivity index (χ2n) is 8.33. The second-order valence-corrected chi connectivity index (χ2v) is 8.33. The highest BCUT2D eigenvalue weighted by Crippen LogP contribution is 2.42. The maximum absolute atomic E-state index is 9.77. The van der Waals surface area contributed by atoms with Crippen LogP contribution in [0.15, 0.2) is 66.1 Å². The highest BCUT2D eigenvalue weighted by atomic mass is 16.5. The van der Waals surface area contributed by atoms with E-state index in [0.29, 0.717) is 18.1 Å². The molecule has 1 aliphatic heterocycles. The number of ether oxygens (including phenoxy) is 2. The number of hydrogen-bond donors (Lipinski definition) is 2. The van der Waals surface area contributed by atoms with E-state index in [1.54, 1.807) is 0 Å². The van der Waals surface area contributed by atoms with Crippen molar-refractivity contribution in [2.24, 2.45) is 5.73 Å². The van der Waals surface area contributed by atoms with Crippen LogP contribution < -0.4 is 15.2 Å². The van der Waals surface area contributed by atoms with Gasteiger partial charge in [0.15, 0.2) is 0 Å². The first-order valence-electron chi connectivity index (χ1n) is 9.81. The molecular weight excluding hydrogens is 376 g/mol. The van der Waals surface area contributed by atoms with E-state index in [4.69, 9.17) is 15.2 Å². The molecule has 2 aromatic carbocycles. The molecule has 3 aromatic rings. The van der Waals surface area contributed by atoms with Crippen molar-refractivity contribution in [1.29, 1.82) is 5.26 Å². The molecule has 6 nitrogen and oxygen atoms in total. The van der Waals surface area contributed by atoms with Crippen LogP contribution in [-0.2, 0) is 12.0 Å². The third-order valence-corrected chi connectivity index (χ3v) is 5.02. The molecule has 0 aliphatic carbocycles. The van der Waals surface area contributed by atoms with Crippen LogP contribution in [0.1, 0.15) is 49.3 Å². The highest BCUT2D eigenvalue weighted by Gasteiger charge is 2.35. The topological polar surface area (TPSA) is 97.0 Å². The Bertz CT molecular complexity index is 1130. The number of rotatable bonds is 4. The van der Waals surface area contributed by atoms with E-state index in [9.17, 15) is 5.26 Å². The van der Waals surface area contributed by atoms with Gasteiger partial charge >= 0.3 is 0 Å². The maximum atomic E-state index is 9.77. The molecule has 0 saturated carbocycles. The molecule has 0 bridgehead atoms. The molecule has 1 aliphatic rings. The summed E-state index contributed by atoms with van der Waals surface area (Å²) in [5.41, 5.74) is 8.92. The van der Waals surface area contributed by atoms with Crippen LogP contribution >= 0.6 is 0 Å². The number of H-pyrrole nitrogens is 1. The summed E-state index contributed by atoms with van der Waals surface area (Å²) in [5, 5.41) is 9.77. The Hall–Kier alpha value is -3.72. The summed E-state index contributed by atoms with van der Waals surface area (Å²) < 4.78 is 11.6. The Morgan fingerprint density at radius 2 is 1.93 bits per heavy atom. The van der Waals surface area contributed by atoms with Gasteiger partial charge in [-0.2, -0.15) is 10.2 Å². The number of nitriles is 1. The van der Waals surface area contributed by atoms with Gasteiger partial charge in [-0.05, 0) is 23.3 Å². The van der Waals surface area contributed by atoms with E-state index < -0.39 is 5.92 Å². The summed E-state index contributed by atoms with van der Waals surface area (Å²) in [6, 6.07) is 19.9. The molecular formula is C24H24N4O2. The molecule has 0 amide bonds. The standard InChI is InChI=1S/C24H24N4O2/c1-24(2,3)23-27-20-19(18(13-25)21(26)30-22(20)28-23)16-10-7-11-17(12-16)29-14-15-8-5-4-6-9-15/h4-12,19H,14,26H2,1-3H3,(H,27,28). The first-order valence-corrected chi connectivity index (χ1v) is 9.81. The maximum Gasteiger partial charge on any atom is 0.243 e. The van der Waals surface area contributed by atoms with Crippen molar-refractivity contribution in [3.05, 3.63) is 88.7 Å². The third-order valence-electron chi connectivity index (χ3n) is 5.02. The number of allylic oxidation sites excluding steroid dienone is 1. The van der Waals surface area contributed by atoms with Gasteiger partial charge in [-0.15, -0.1) is 0 Å². The monoisotopic (exact) mass is 400 g/mol. The van der Waals surface area contributed by atoms with Gasteiger partial charge in [-0.1, -0.05) is 63.2 Å². The molecule has 1 aromatic heterocycles. The Morgan fingerprint density at radius 3 is 2.63 bits per heavy atom. The van der Waals surface area contributed by atoms with Gasteiger partial charge in [0.2, 0.25) is 11.8 Å². The Balaban J connectivity index is 1.70. The van der Waals surface area contributed by atoms with E-state index in [2.05, 4.69) is 36.8 Å². The second kappa shape index (κ2) is 7.60. The number of aromatic nitrogens is 2. The summed E-state index contributed by atoms with van der Waals surface area (Å²) in [6.07, 6.45) is 0. The van der Waals surface area contributed by atoms with Crippen molar-refractivity contribution in [3.8, 4) is 17.7 Å². The quantitative estimate of drug-likeness (QED) is 0.672. The first kappa shape index (κ1) is 19.6. The number of fused-ring (bicyclic) bond motifs is 1. The van der Waals surface area contributed by atoms with Crippen LogP contribution in [0.4, 0.5) is 0 Å². The summed E-state index contributed by atoms with van der Waals surface area (Å²) in [5.74, 6) is 1.59. The van der Waals surface area contributed by atoms with E-state index in [0.717, 1.165) is 28.4 Å². The SMILES string of the molecule is CC(C)(C)c1nc2c([nH]1)C(c1cccc(OCc3ccccc3)c1)C(C#N)=C(N)O2. The molecule has 3 N–H and O–H groups in total. The van der Waals surface area contributed by atoms with Gasteiger partial charge in [-0.25, -0.2) is 0 Å². The van der Waals surface area contributed by atoms with E-state index >= 15 is 0 Å². The van der Waals surface area contributed by atoms with E-state index in [1.807, 2.05) is 54.6 Å². The zero-order valence-electron chi connectivity index (χ0n) is 17.3. The lowest BCUT2D eigenvalue weighted by Gasteiger charge is -2.23. The first-order chi connectivity index (χ1) is 14.4. The molecule has 6 heteroatoms. The summed E-state index contributed by atoms with van der Waals surface area (Å²) in [4.78, 5) is 7.95. The molecule has 152 valence electrons. The summed E-state index contributed by atoms with van der Waals surface area (Å²) in [7, 11) is 0. The van der Waals surface area contributed by atoms with Gasteiger partial charge in [0, 0.05) is 5.41 Å². The Kier molecular flexibility index (Phi) is 4.96. The highest BCUT2D eigenvalue weighted by molar-refractivity contribution is 5.52. The van der Waals surface area contributed by atoms with Gasteiger partial charge in [-0.3, -0.25) is 0 Å². The molecule has 4 rings (SSSR count). The normalized spacial score (nSPS) is 15.9. The summed E-state index contributed by atoms with van der Waals surface area (Å²) >= 11 is 0. The minimum absolute atomic E-state index is 0.0811. The number of hydrogen-bond acceptors (Lipinski definition) is 5. The predicted octanol–water partition coefficient (Wildman–Crippen LogP) is 4.50. The van der Waals surface area contributed by atoms with Crippen molar-refractivity contribution < 1.29 is 9.47 Å². The summed E-state index contributed by atoms with van der Waals surface area (Å²) in [6.45, 7) is 6.65. The fourth-order valence-electron chi connectivity index (χ4n) is 3.42. The number of nitrogens with zero attached hydrogens (tertiary/aromatic N) is 2. The number of nitrogens with two attached hydrogens (primary N) is 1. The largest absolute Gasteiger partial charge is 0.489 e. The van der Waals surface area contributed by atoms with Gasteiger partial charge in [0.1, 0.15) is 29.8 Å². The molecule has 0 spiro atoms. The minimum atomic E-state index is -0.400. The van der Waals surface area contributed by atoms with Crippen LogP contribution in [0, 0.1) is 11.3 Å². The number of aromatic amines is 1. The average Bonchev–Trinajstić information content (AvgIpc) is 3.16. The van der Waals surface area contributed by atoms with Crippen LogP contribution in [0.3, 0.4) is 0 Å². The fourth-order valence-corrected chi connectivity index (χ4v) is 3.42. The van der Waals surface area contributed by atoms with E-state index in [-0.39, 0.29) is 11.3 Å². The predicted molar refractivity (Wildman–Crippen MR) is 114 cm³/mol. The molecule has 1 unspecified atom stereocenters. The average molecular weight is 400 g/mol. The zero-order valence-corrected chi connectivity index (χ0v) is 17.3. The number of imidazole rings is 1.